The van der Waals surface area contributed by atoms with Gasteiger partial charge < -0.3 is 5.11 Å². The Morgan fingerprint density at radius 1 is 1.20 bits per heavy atom. The monoisotopic (exact) mass is 504 g/mol. The maximum absolute atomic E-state index is 13.7. The topological polar surface area (TPSA) is 96.6 Å². The lowest BCUT2D eigenvalue weighted by Crippen LogP contribution is -2.24. The van der Waals surface area contributed by atoms with Crippen molar-refractivity contribution >= 4 is 45.4 Å². The van der Waals surface area contributed by atoms with E-state index < -0.39 is 0 Å². The lowest BCUT2D eigenvalue weighted by Gasteiger charge is -2.13. The molecule has 1 aliphatic rings. The summed E-state index contributed by atoms with van der Waals surface area (Å²) in [6, 6.07) is 14.5. The van der Waals surface area contributed by atoms with Crippen molar-refractivity contribution in [3.63, 3.8) is 0 Å². The number of benzene rings is 2. The standard InChI is InChI=1S/C26H24N4O3S2/c1-16-10-12-18(13-11-16)30-25(33)23-19-7-3-5-9-21(19)35-24(23)28-26(30)34-15-22(32)29-27-14-17-6-2-4-8-20(17)31/h2,4,6,8,10-14,31H,3,5,7,9,15H2,1H3,(H,29,32)/b27-14+. The van der Waals surface area contributed by atoms with Crippen LogP contribution in [0, 0.1) is 6.92 Å². The van der Waals surface area contributed by atoms with Crippen LogP contribution < -0.4 is 11.0 Å². The van der Waals surface area contributed by atoms with Gasteiger partial charge in [0, 0.05) is 10.4 Å². The van der Waals surface area contributed by atoms with Crippen molar-refractivity contribution < 1.29 is 9.90 Å². The van der Waals surface area contributed by atoms with Crippen LogP contribution in [0.15, 0.2) is 63.6 Å². The van der Waals surface area contributed by atoms with Gasteiger partial charge in [0.1, 0.15) is 10.6 Å². The molecule has 0 radical (unpaired) electrons. The van der Waals surface area contributed by atoms with Crippen LogP contribution in [0.2, 0.25) is 0 Å². The molecule has 0 atom stereocenters. The number of nitrogens with zero attached hydrogens (tertiary/aromatic N) is 3. The van der Waals surface area contributed by atoms with E-state index in [1.807, 2.05) is 31.2 Å². The first kappa shape index (κ1) is 23.3. The second-order valence-electron chi connectivity index (χ2n) is 8.40. The molecule has 2 aromatic carbocycles. The van der Waals surface area contributed by atoms with Crippen molar-refractivity contribution in [2.75, 3.05) is 5.75 Å². The zero-order valence-corrected chi connectivity index (χ0v) is 20.8. The Morgan fingerprint density at radius 2 is 1.97 bits per heavy atom. The lowest BCUT2D eigenvalue weighted by molar-refractivity contribution is -0.118. The zero-order chi connectivity index (χ0) is 24.4. The van der Waals surface area contributed by atoms with Gasteiger partial charge in [-0.15, -0.1) is 11.3 Å². The predicted octanol–water partition coefficient (Wildman–Crippen LogP) is 4.58. The summed E-state index contributed by atoms with van der Waals surface area (Å²) in [6.45, 7) is 2.00. The second kappa shape index (κ2) is 10.1. The molecule has 2 N–H and O–H groups in total. The maximum Gasteiger partial charge on any atom is 0.267 e. The average Bonchev–Trinajstić information content (AvgIpc) is 3.23. The molecule has 9 heteroatoms. The van der Waals surface area contributed by atoms with E-state index in [9.17, 15) is 14.7 Å². The van der Waals surface area contributed by atoms with Crippen LogP contribution >= 0.6 is 23.1 Å². The average molecular weight is 505 g/mol. The molecule has 2 heterocycles. The lowest BCUT2D eigenvalue weighted by atomic mass is 9.97. The number of nitrogens with one attached hydrogen (secondary N) is 1. The number of aryl methyl sites for hydroxylation is 3. The highest BCUT2D eigenvalue weighted by molar-refractivity contribution is 7.99. The van der Waals surface area contributed by atoms with Crippen molar-refractivity contribution in [3.8, 4) is 11.4 Å². The summed E-state index contributed by atoms with van der Waals surface area (Å²) in [5.41, 5.74) is 5.86. The van der Waals surface area contributed by atoms with Crippen LogP contribution in [0.25, 0.3) is 15.9 Å². The fraction of sp³-hybridized carbons (Fsp3) is 0.231. The zero-order valence-electron chi connectivity index (χ0n) is 19.2. The number of carbonyl (C=O) groups excluding carboxylic acids is 1. The summed E-state index contributed by atoms with van der Waals surface area (Å²) < 4.78 is 1.62. The molecule has 1 aliphatic carbocycles. The Hall–Kier alpha value is -3.43. The van der Waals surface area contributed by atoms with Gasteiger partial charge in [-0.3, -0.25) is 14.2 Å². The molecule has 0 fully saturated rings. The van der Waals surface area contributed by atoms with Crippen LogP contribution in [0.4, 0.5) is 0 Å². The number of rotatable bonds is 6. The van der Waals surface area contributed by atoms with Gasteiger partial charge in [-0.2, -0.15) is 5.10 Å². The SMILES string of the molecule is Cc1ccc(-n2c(SCC(=O)N/N=C/c3ccccc3O)nc3sc4c(c3c2=O)CCCC4)cc1. The minimum atomic E-state index is -0.336. The molecule has 7 nitrogen and oxygen atoms in total. The molecule has 0 saturated carbocycles. The number of aromatic hydroxyl groups is 1. The van der Waals surface area contributed by atoms with Crippen molar-refractivity contribution in [1.82, 2.24) is 15.0 Å². The third-order valence-corrected chi connectivity index (χ3v) is 8.04. The van der Waals surface area contributed by atoms with Gasteiger partial charge in [0.05, 0.1) is 23.0 Å². The molecular formula is C26H24N4O3S2. The Labute approximate surface area is 210 Å². The van der Waals surface area contributed by atoms with E-state index in [2.05, 4.69) is 10.5 Å². The number of hydrogen-bond acceptors (Lipinski definition) is 7. The summed E-state index contributed by atoms with van der Waals surface area (Å²) in [5, 5.41) is 14.9. The van der Waals surface area contributed by atoms with Crippen LogP contribution in [0.5, 0.6) is 5.75 Å². The quantitative estimate of drug-likeness (QED) is 0.173. The summed E-state index contributed by atoms with van der Waals surface area (Å²) in [4.78, 5) is 33.1. The van der Waals surface area contributed by atoms with Crippen LogP contribution in [-0.2, 0) is 17.6 Å². The van der Waals surface area contributed by atoms with Crippen LogP contribution in [0.1, 0.15) is 34.4 Å². The van der Waals surface area contributed by atoms with Gasteiger partial charge in [0.15, 0.2) is 5.16 Å². The third-order valence-electron chi connectivity index (χ3n) is 5.91. The number of hydrogen-bond donors (Lipinski definition) is 2. The Kier molecular flexibility index (Phi) is 6.70. The van der Waals surface area contributed by atoms with Gasteiger partial charge in [-0.25, -0.2) is 10.4 Å². The van der Waals surface area contributed by atoms with E-state index in [1.165, 1.54) is 22.9 Å². The van der Waals surface area contributed by atoms with E-state index in [1.54, 1.807) is 40.2 Å². The molecule has 5 rings (SSSR count). The van der Waals surface area contributed by atoms with E-state index in [-0.39, 0.29) is 23.0 Å². The third kappa shape index (κ3) is 4.87. The summed E-state index contributed by atoms with van der Waals surface area (Å²) >= 11 is 2.80. The molecule has 0 saturated heterocycles. The smallest absolute Gasteiger partial charge is 0.267 e. The number of phenolic OH excluding ortho intramolecular Hbond substituents is 1. The van der Waals surface area contributed by atoms with E-state index in [0.717, 1.165) is 47.3 Å². The highest BCUT2D eigenvalue weighted by Gasteiger charge is 2.23. The van der Waals surface area contributed by atoms with Crippen molar-refractivity contribution in [3.05, 3.63) is 80.5 Å². The number of fused-ring (bicyclic) bond motifs is 3. The molecule has 0 spiro atoms. The van der Waals surface area contributed by atoms with Gasteiger partial charge in [-0.1, -0.05) is 41.6 Å². The van der Waals surface area contributed by atoms with E-state index in [4.69, 9.17) is 4.98 Å². The molecule has 4 aromatic rings. The van der Waals surface area contributed by atoms with Crippen LogP contribution in [0.3, 0.4) is 0 Å². The number of amides is 1. The van der Waals surface area contributed by atoms with Gasteiger partial charge in [0.25, 0.3) is 11.5 Å². The van der Waals surface area contributed by atoms with Crippen molar-refractivity contribution in [2.24, 2.45) is 5.10 Å². The van der Waals surface area contributed by atoms with Crippen molar-refractivity contribution in [1.29, 1.82) is 0 Å². The highest BCUT2D eigenvalue weighted by Crippen LogP contribution is 2.35. The number of para-hydroxylation sites is 1. The van der Waals surface area contributed by atoms with E-state index in [0.29, 0.717) is 16.1 Å². The largest absolute Gasteiger partial charge is 0.507 e. The predicted molar refractivity (Wildman–Crippen MR) is 141 cm³/mol. The molecule has 0 bridgehead atoms. The normalized spacial score (nSPS) is 13.3. The minimum Gasteiger partial charge on any atom is -0.507 e. The van der Waals surface area contributed by atoms with E-state index >= 15 is 0 Å². The number of carbonyl (C=O) groups is 1. The first-order valence-electron chi connectivity index (χ1n) is 11.4. The first-order valence-corrected chi connectivity index (χ1v) is 13.2. The molecule has 0 aliphatic heterocycles. The molecule has 2 aromatic heterocycles. The maximum atomic E-state index is 13.7. The molecule has 178 valence electrons. The first-order chi connectivity index (χ1) is 17.0. The Balaban J connectivity index is 1.44. The summed E-state index contributed by atoms with van der Waals surface area (Å²) in [6.07, 6.45) is 5.50. The number of thiophene rings is 1. The number of aromatic nitrogens is 2. The Morgan fingerprint density at radius 3 is 2.77 bits per heavy atom. The van der Waals surface area contributed by atoms with Gasteiger partial charge in [0.2, 0.25) is 0 Å². The fourth-order valence-corrected chi connectivity index (χ4v) is 6.25. The fourth-order valence-electron chi connectivity index (χ4n) is 4.14. The van der Waals surface area contributed by atoms with Gasteiger partial charge >= 0.3 is 0 Å². The molecular weight excluding hydrogens is 480 g/mol. The minimum absolute atomic E-state index is 0.0347. The second-order valence-corrected chi connectivity index (χ2v) is 10.4. The van der Waals surface area contributed by atoms with Crippen molar-refractivity contribution in [2.45, 2.75) is 37.8 Å². The Bertz CT molecular complexity index is 1490. The molecule has 1 amide bonds. The summed E-state index contributed by atoms with van der Waals surface area (Å²) in [7, 11) is 0. The molecule has 0 unspecified atom stereocenters. The van der Waals surface area contributed by atoms with Gasteiger partial charge in [-0.05, 0) is 62.4 Å². The summed E-state index contributed by atoms with van der Waals surface area (Å²) in [5.74, 6) is -0.220. The highest BCUT2D eigenvalue weighted by atomic mass is 32.2. The molecule has 35 heavy (non-hydrogen) atoms. The van der Waals surface area contributed by atoms with Crippen LogP contribution in [-0.4, -0.2) is 32.5 Å². The number of hydrazone groups is 1. The number of phenols is 1. The number of thioether (sulfide) groups is 1.